The zero-order valence-electron chi connectivity index (χ0n) is 18.8. The second-order valence-electron chi connectivity index (χ2n) is 9.54. The molecule has 0 spiro atoms. The summed E-state index contributed by atoms with van der Waals surface area (Å²) < 4.78 is 0. The summed E-state index contributed by atoms with van der Waals surface area (Å²) in [6, 6.07) is 4.63. The van der Waals surface area contributed by atoms with Crippen molar-refractivity contribution < 1.29 is 0 Å². The van der Waals surface area contributed by atoms with E-state index in [1.807, 2.05) is 12.4 Å². The Kier molecular flexibility index (Phi) is 7.00. The Balaban J connectivity index is 2.24. The van der Waals surface area contributed by atoms with Crippen LogP contribution in [0.3, 0.4) is 0 Å². The van der Waals surface area contributed by atoms with E-state index in [2.05, 4.69) is 82.9 Å². The minimum Gasteiger partial charge on any atom is -0.261 e. The van der Waals surface area contributed by atoms with Crippen molar-refractivity contribution in [1.29, 1.82) is 0 Å². The molecule has 0 aliphatic rings. The average molecular weight is 438 g/mol. The van der Waals surface area contributed by atoms with Gasteiger partial charge in [0.05, 0.1) is 23.3 Å². The predicted molar refractivity (Wildman–Crippen MR) is 131 cm³/mol. The van der Waals surface area contributed by atoms with Crippen LogP contribution < -0.4 is 10.9 Å². The first kappa shape index (κ1) is 22.9. The van der Waals surface area contributed by atoms with Crippen LogP contribution >= 0.6 is 17.2 Å². The number of aromatic nitrogens is 4. The lowest BCUT2D eigenvalue weighted by atomic mass is 9.72. The second-order valence-corrected chi connectivity index (χ2v) is 12.0. The molecule has 0 saturated heterocycles. The van der Waals surface area contributed by atoms with Gasteiger partial charge in [0.15, 0.2) is 0 Å². The lowest BCUT2D eigenvalue weighted by molar-refractivity contribution is 0.526. The van der Waals surface area contributed by atoms with E-state index in [0.29, 0.717) is 0 Å². The lowest BCUT2D eigenvalue weighted by Crippen LogP contribution is -2.26. The fourth-order valence-electron chi connectivity index (χ4n) is 3.84. The first-order valence-electron chi connectivity index (χ1n) is 10.3. The number of benzene rings is 1. The van der Waals surface area contributed by atoms with Gasteiger partial charge >= 0.3 is 0 Å². The Morgan fingerprint density at radius 2 is 1.37 bits per heavy atom. The van der Waals surface area contributed by atoms with Crippen molar-refractivity contribution in [2.24, 2.45) is 0 Å². The van der Waals surface area contributed by atoms with Gasteiger partial charge in [-0.1, -0.05) is 53.7 Å². The molecule has 6 heteroatoms. The maximum atomic E-state index is 4.66. The van der Waals surface area contributed by atoms with Gasteiger partial charge in [-0.25, -0.2) is 0 Å². The highest BCUT2D eigenvalue weighted by Gasteiger charge is 2.31. The minimum atomic E-state index is -0.817. The average Bonchev–Trinajstić information content (AvgIpc) is 2.71. The fourth-order valence-corrected chi connectivity index (χ4v) is 6.29. The molecule has 0 bridgehead atoms. The molecule has 0 radical (unpaired) electrons. The van der Waals surface area contributed by atoms with Crippen molar-refractivity contribution >= 4 is 28.0 Å². The molecule has 1 atom stereocenters. The molecular weight excluding hydrogens is 406 g/mol. The van der Waals surface area contributed by atoms with Crippen molar-refractivity contribution in [3.8, 4) is 0 Å². The van der Waals surface area contributed by atoms with E-state index in [4.69, 9.17) is 0 Å². The summed E-state index contributed by atoms with van der Waals surface area (Å²) in [6.45, 7) is 13.9. The van der Waals surface area contributed by atoms with Gasteiger partial charge < -0.3 is 0 Å². The van der Waals surface area contributed by atoms with Crippen LogP contribution in [0.1, 0.15) is 63.8 Å². The zero-order valence-corrected chi connectivity index (χ0v) is 20.9. The van der Waals surface area contributed by atoms with E-state index in [1.54, 1.807) is 24.8 Å². The maximum Gasteiger partial charge on any atom is 0.0877 e. The number of rotatable bonds is 5. The van der Waals surface area contributed by atoms with Crippen molar-refractivity contribution in [1.82, 2.24) is 19.9 Å². The minimum absolute atomic E-state index is 0.0273. The molecule has 3 aromatic rings. The third-order valence-corrected chi connectivity index (χ3v) is 7.80. The van der Waals surface area contributed by atoms with Crippen LogP contribution in [0.2, 0.25) is 0 Å². The second kappa shape index (κ2) is 9.16. The van der Waals surface area contributed by atoms with Crippen LogP contribution in [0.4, 0.5) is 0 Å². The Morgan fingerprint density at radius 3 is 1.77 bits per heavy atom. The molecule has 30 heavy (non-hydrogen) atoms. The molecule has 0 amide bonds. The zero-order chi connectivity index (χ0) is 21.9. The molecule has 0 N–H and O–H groups in total. The first-order valence-corrected chi connectivity index (χ1v) is 12.6. The van der Waals surface area contributed by atoms with Crippen molar-refractivity contribution in [2.45, 2.75) is 64.7 Å². The smallest absolute Gasteiger partial charge is 0.0877 e. The molecule has 158 valence electrons. The summed E-state index contributed by atoms with van der Waals surface area (Å²) in [5, 5.41) is 0. The molecule has 1 unspecified atom stereocenters. The van der Waals surface area contributed by atoms with E-state index < -0.39 is 7.92 Å². The summed E-state index contributed by atoms with van der Waals surface area (Å²) in [6.07, 6.45) is 12.6. The van der Waals surface area contributed by atoms with Crippen molar-refractivity contribution in [3.05, 3.63) is 71.6 Å². The van der Waals surface area contributed by atoms with Crippen LogP contribution in [0.15, 0.2) is 49.3 Å². The van der Waals surface area contributed by atoms with Gasteiger partial charge in [0, 0.05) is 38.9 Å². The molecule has 0 saturated carbocycles. The Hall–Kier alpha value is -1.76. The van der Waals surface area contributed by atoms with Gasteiger partial charge in [-0.05, 0) is 39.2 Å². The third kappa shape index (κ3) is 5.10. The largest absolute Gasteiger partial charge is 0.261 e. The molecule has 0 aliphatic carbocycles. The van der Waals surface area contributed by atoms with Gasteiger partial charge in [0.1, 0.15) is 0 Å². The number of hydrogen-bond donors (Lipinski definition) is 0. The predicted octanol–water partition coefficient (Wildman–Crippen LogP) is 4.87. The Bertz CT molecular complexity index is 938. The van der Waals surface area contributed by atoms with E-state index in [9.17, 15) is 0 Å². The van der Waals surface area contributed by atoms with Crippen LogP contribution in [-0.2, 0) is 23.2 Å². The van der Waals surface area contributed by atoms with Gasteiger partial charge in [0.25, 0.3) is 0 Å². The van der Waals surface area contributed by atoms with E-state index in [0.717, 1.165) is 23.2 Å². The third-order valence-electron chi connectivity index (χ3n) is 5.16. The number of nitrogens with zero attached hydrogens (tertiary/aromatic N) is 4. The summed E-state index contributed by atoms with van der Waals surface area (Å²) >= 11 is 0. The molecule has 3 rings (SSSR count). The maximum absolute atomic E-state index is 4.66. The van der Waals surface area contributed by atoms with Gasteiger partial charge in [-0.2, -0.15) is 0 Å². The number of hydrogen-bond acceptors (Lipinski definition) is 4. The van der Waals surface area contributed by atoms with Gasteiger partial charge in [-0.15, -0.1) is 9.24 Å². The van der Waals surface area contributed by atoms with E-state index in [1.165, 1.54) is 22.3 Å². The normalized spacial score (nSPS) is 12.4. The van der Waals surface area contributed by atoms with Crippen molar-refractivity contribution in [3.63, 3.8) is 0 Å². The SMILES string of the molecule is CC(C)(C)c1ccc(CP)c(CP(c2cnccn2)c2cnccn2)c1C(C)(C)C. The summed E-state index contributed by atoms with van der Waals surface area (Å²) in [7, 11) is 2.09. The van der Waals surface area contributed by atoms with E-state index in [-0.39, 0.29) is 10.8 Å². The molecule has 0 aliphatic heterocycles. The standard InChI is InChI=1S/C24H32N4P2/c1-23(2,3)19-8-7-17(15-29)18(22(19)24(4,5)6)16-30(20-13-25-9-11-27-20)21-14-26-10-12-28-21/h7-14H,15-16,29H2,1-6H3. The van der Waals surface area contributed by atoms with E-state index >= 15 is 0 Å². The molecule has 0 fully saturated rings. The highest BCUT2D eigenvalue weighted by molar-refractivity contribution is 7.71. The van der Waals surface area contributed by atoms with Crippen LogP contribution in [0.5, 0.6) is 0 Å². The van der Waals surface area contributed by atoms with Crippen LogP contribution in [-0.4, -0.2) is 19.9 Å². The molecule has 2 aromatic heterocycles. The highest BCUT2D eigenvalue weighted by Crippen LogP contribution is 2.44. The van der Waals surface area contributed by atoms with Gasteiger partial charge in [-0.3, -0.25) is 19.9 Å². The Labute approximate surface area is 184 Å². The Morgan fingerprint density at radius 1 is 0.800 bits per heavy atom. The fraction of sp³-hybridized carbons (Fsp3) is 0.417. The summed E-state index contributed by atoms with van der Waals surface area (Å²) in [5.74, 6) is 0. The quantitative estimate of drug-likeness (QED) is 0.534. The summed E-state index contributed by atoms with van der Waals surface area (Å²) in [4.78, 5) is 18.0. The van der Waals surface area contributed by atoms with Gasteiger partial charge in [0.2, 0.25) is 0 Å². The lowest BCUT2D eigenvalue weighted by Gasteiger charge is -2.34. The summed E-state index contributed by atoms with van der Waals surface area (Å²) in [5.41, 5.74) is 7.74. The monoisotopic (exact) mass is 438 g/mol. The van der Waals surface area contributed by atoms with Crippen LogP contribution in [0.25, 0.3) is 0 Å². The molecule has 2 heterocycles. The topological polar surface area (TPSA) is 51.6 Å². The van der Waals surface area contributed by atoms with Crippen molar-refractivity contribution in [2.75, 3.05) is 0 Å². The van der Waals surface area contributed by atoms with Crippen LogP contribution in [0, 0.1) is 0 Å². The first-order chi connectivity index (χ1) is 14.1. The molecular formula is C24H32N4P2. The molecule has 1 aromatic carbocycles. The molecule has 4 nitrogen and oxygen atoms in total. The highest BCUT2D eigenvalue weighted by atomic mass is 31.1.